The summed E-state index contributed by atoms with van der Waals surface area (Å²) >= 11 is 1.37. The summed E-state index contributed by atoms with van der Waals surface area (Å²) in [5.74, 6) is 0.911. The fourth-order valence-corrected chi connectivity index (χ4v) is 2.27. The SMILES string of the molecule is CCOC(=O)CSCCC(=O)Nc1ccc(N)cc1OC. The molecule has 0 saturated carbocycles. The fraction of sp³-hybridized carbons (Fsp3) is 0.429. The van der Waals surface area contributed by atoms with Gasteiger partial charge in [0.05, 0.1) is 25.2 Å². The van der Waals surface area contributed by atoms with Crippen molar-refractivity contribution >= 4 is 35.0 Å². The van der Waals surface area contributed by atoms with Gasteiger partial charge < -0.3 is 20.5 Å². The molecular formula is C14H20N2O4S. The van der Waals surface area contributed by atoms with Crippen molar-refractivity contribution in [3.8, 4) is 5.75 Å². The molecular weight excluding hydrogens is 292 g/mol. The van der Waals surface area contributed by atoms with E-state index in [2.05, 4.69) is 5.32 Å². The molecule has 3 N–H and O–H groups in total. The van der Waals surface area contributed by atoms with E-state index in [1.807, 2.05) is 0 Å². The fourth-order valence-electron chi connectivity index (χ4n) is 1.55. The lowest BCUT2D eigenvalue weighted by atomic mass is 10.2. The van der Waals surface area contributed by atoms with E-state index in [-0.39, 0.29) is 17.6 Å². The molecule has 6 nitrogen and oxygen atoms in total. The van der Waals surface area contributed by atoms with E-state index < -0.39 is 0 Å². The van der Waals surface area contributed by atoms with E-state index in [0.29, 0.717) is 35.9 Å². The number of nitrogen functional groups attached to an aromatic ring is 1. The van der Waals surface area contributed by atoms with Crippen LogP contribution in [0.5, 0.6) is 5.75 Å². The van der Waals surface area contributed by atoms with Crippen LogP contribution in [0.25, 0.3) is 0 Å². The second kappa shape index (κ2) is 9.12. The number of thioether (sulfide) groups is 1. The highest BCUT2D eigenvalue weighted by molar-refractivity contribution is 7.99. The standard InChI is InChI=1S/C14H20N2O4S/c1-3-20-14(18)9-21-7-6-13(17)16-11-5-4-10(15)8-12(11)19-2/h4-5,8H,3,6-7,9,15H2,1-2H3,(H,16,17). The number of ether oxygens (including phenoxy) is 2. The van der Waals surface area contributed by atoms with Gasteiger partial charge in [-0.3, -0.25) is 9.59 Å². The number of nitrogens with one attached hydrogen (secondary N) is 1. The molecule has 0 spiro atoms. The van der Waals surface area contributed by atoms with Gasteiger partial charge >= 0.3 is 5.97 Å². The molecule has 116 valence electrons. The van der Waals surface area contributed by atoms with Gasteiger partial charge in [-0.05, 0) is 19.1 Å². The van der Waals surface area contributed by atoms with Crippen LogP contribution < -0.4 is 15.8 Å². The third-order valence-corrected chi connectivity index (χ3v) is 3.43. The van der Waals surface area contributed by atoms with Crippen molar-refractivity contribution in [3.63, 3.8) is 0 Å². The van der Waals surface area contributed by atoms with Crippen LogP contribution in [-0.4, -0.2) is 37.1 Å². The summed E-state index contributed by atoms with van der Waals surface area (Å²) in [5.41, 5.74) is 6.79. The Balaban J connectivity index is 2.35. The molecule has 0 aliphatic rings. The molecule has 1 aromatic rings. The van der Waals surface area contributed by atoms with Crippen molar-refractivity contribution in [1.29, 1.82) is 0 Å². The third-order valence-electron chi connectivity index (χ3n) is 2.50. The van der Waals surface area contributed by atoms with Crippen molar-refractivity contribution in [2.75, 3.05) is 36.3 Å². The number of carbonyl (C=O) groups is 2. The average Bonchev–Trinajstić information content (AvgIpc) is 2.46. The Morgan fingerprint density at radius 1 is 1.38 bits per heavy atom. The second-order valence-corrected chi connectivity index (χ2v) is 5.22. The number of rotatable bonds is 8. The lowest BCUT2D eigenvalue weighted by Gasteiger charge is -2.10. The van der Waals surface area contributed by atoms with Crippen LogP contribution in [0.1, 0.15) is 13.3 Å². The molecule has 0 unspecified atom stereocenters. The first kappa shape index (κ1) is 17.2. The monoisotopic (exact) mass is 312 g/mol. The summed E-state index contributed by atoms with van der Waals surface area (Å²) in [7, 11) is 1.51. The summed E-state index contributed by atoms with van der Waals surface area (Å²) in [6.45, 7) is 2.13. The summed E-state index contributed by atoms with van der Waals surface area (Å²) in [6.07, 6.45) is 0.303. The Morgan fingerprint density at radius 2 is 2.14 bits per heavy atom. The second-order valence-electron chi connectivity index (χ2n) is 4.12. The molecule has 1 aromatic carbocycles. The zero-order valence-electron chi connectivity index (χ0n) is 12.2. The molecule has 0 saturated heterocycles. The normalized spacial score (nSPS) is 10.0. The van der Waals surface area contributed by atoms with E-state index in [4.69, 9.17) is 15.2 Å². The van der Waals surface area contributed by atoms with Gasteiger partial charge in [0, 0.05) is 23.9 Å². The van der Waals surface area contributed by atoms with Crippen LogP contribution in [0, 0.1) is 0 Å². The van der Waals surface area contributed by atoms with Gasteiger partial charge in [0.2, 0.25) is 5.91 Å². The Bertz CT molecular complexity index is 494. The molecule has 0 bridgehead atoms. The maximum Gasteiger partial charge on any atom is 0.315 e. The molecule has 0 aliphatic heterocycles. The summed E-state index contributed by atoms with van der Waals surface area (Å²) in [4.78, 5) is 22.9. The lowest BCUT2D eigenvalue weighted by molar-refractivity contribution is -0.139. The van der Waals surface area contributed by atoms with E-state index in [1.165, 1.54) is 18.9 Å². The van der Waals surface area contributed by atoms with Gasteiger partial charge in [0.25, 0.3) is 0 Å². The number of anilines is 2. The first-order valence-electron chi connectivity index (χ1n) is 6.53. The number of methoxy groups -OCH3 is 1. The topological polar surface area (TPSA) is 90.7 Å². The molecule has 0 radical (unpaired) electrons. The maximum atomic E-state index is 11.8. The number of carbonyl (C=O) groups excluding carboxylic acids is 2. The number of amides is 1. The highest BCUT2D eigenvalue weighted by Crippen LogP contribution is 2.26. The van der Waals surface area contributed by atoms with Gasteiger partial charge in [0.15, 0.2) is 0 Å². The quantitative estimate of drug-likeness (QED) is 0.433. The van der Waals surface area contributed by atoms with Crippen LogP contribution in [0.15, 0.2) is 18.2 Å². The zero-order chi connectivity index (χ0) is 15.7. The minimum Gasteiger partial charge on any atom is -0.494 e. The van der Waals surface area contributed by atoms with Crippen LogP contribution >= 0.6 is 11.8 Å². The van der Waals surface area contributed by atoms with E-state index in [9.17, 15) is 9.59 Å². The van der Waals surface area contributed by atoms with Gasteiger partial charge in [-0.2, -0.15) is 0 Å². The van der Waals surface area contributed by atoms with E-state index in [0.717, 1.165) is 0 Å². The number of esters is 1. The number of nitrogens with two attached hydrogens (primary N) is 1. The van der Waals surface area contributed by atoms with Crippen molar-refractivity contribution in [2.45, 2.75) is 13.3 Å². The predicted octanol–water partition coefficient (Wildman–Crippen LogP) is 1.90. The number of benzene rings is 1. The molecule has 0 aromatic heterocycles. The smallest absolute Gasteiger partial charge is 0.315 e. The molecule has 7 heteroatoms. The van der Waals surface area contributed by atoms with Crippen molar-refractivity contribution in [3.05, 3.63) is 18.2 Å². The highest BCUT2D eigenvalue weighted by atomic mass is 32.2. The van der Waals surface area contributed by atoms with Crippen LogP contribution in [0.4, 0.5) is 11.4 Å². The number of hydrogen-bond acceptors (Lipinski definition) is 6. The van der Waals surface area contributed by atoms with Crippen LogP contribution in [-0.2, 0) is 14.3 Å². The van der Waals surface area contributed by atoms with Gasteiger partial charge in [-0.25, -0.2) is 0 Å². The largest absolute Gasteiger partial charge is 0.494 e. The van der Waals surface area contributed by atoms with E-state index in [1.54, 1.807) is 25.1 Å². The van der Waals surface area contributed by atoms with E-state index >= 15 is 0 Å². The Kier molecular flexibility index (Phi) is 7.45. The van der Waals surface area contributed by atoms with Crippen LogP contribution in [0.2, 0.25) is 0 Å². The summed E-state index contributed by atoms with van der Waals surface area (Å²) in [6, 6.07) is 5.02. The van der Waals surface area contributed by atoms with Crippen molar-refractivity contribution in [1.82, 2.24) is 0 Å². The van der Waals surface area contributed by atoms with Gasteiger partial charge in [-0.15, -0.1) is 11.8 Å². The third kappa shape index (κ3) is 6.40. The first-order chi connectivity index (χ1) is 10.1. The van der Waals surface area contributed by atoms with Crippen molar-refractivity contribution in [2.24, 2.45) is 0 Å². The maximum absolute atomic E-state index is 11.8. The molecule has 0 fully saturated rings. The van der Waals surface area contributed by atoms with Gasteiger partial charge in [-0.1, -0.05) is 0 Å². The Labute approximate surface area is 128 Å². The van der Waals surface area contributed by atoms with Crippen LogP contribution in [0.3, 0.4) is 0 Å². The number of hydrogen-bond donors (Lipinski definition) is 2. The molecule has 21 heavy (non-hydrogen) atoms. The summed E-state index contributed by atoms with van der Waals surface area (Å²) < 4.78 is 9.95. The predicted molar refractivity (Wildman–Crippen MR) is 84.6 cm³/mol. The first-order valence-corrected chi connectivity index (χ1v) is 7.69. The van der Waals surface area contributed by atoms with Gasteiger partial charge in [0.1, 0.15) is 5.75 Å². The Morgan fingerprint density at radius 3 is 2.81 bits per heavy atom. The molecule has 1 amide bonds. The Hall–Kier alpha value is -1.89. The van der Waals surface area contributed by atoms with Crippen molar-refractivity contribution < 1.29 is 19.1 Å². The molecule has 0 aliphatic carbocycles. The molecule has 0 atom stereocenters. The minimum absolute atomic E-state index is 0.144. The molecule has 1 rings (SSSR count). The highest BCUT2D eigenvalue weighted by Gasteiger charge is 2.08. The minimum atomic E-state index is -0.261. The zero-order valence-corrected chi connectivity index (χ0v) is 13.0. The average molecular weight is 312 g/mol. The molecule has 0 heterocycles. The summed E-state index contributed by atoms with van der Waals surface area (Å²) in [5, 5.41) is 2.75. The lowest BCUT2D eigenvalue weighted by Crippen LogP contribution is -2.14.